The molecule has 110 valence electrons. The van der Waals surface area contributed by atoms with Crippen molar-refractivity contribution in [3.05, 3.63) is 64.5 Å². The van der Waals surface area contributed by atoms with Crippen LogP contribution in [0.3, 0.4) is 0 Å². The van der Waals surface area contributed by atoms with Crippen molar-refractivity contribution in [3.8, 4) is 16.9 Å². The van der Waals surface area contributed by atoms with E-state index in [-0.39, 0.29) is 5.78 Å². The molecule has 0 saturated heterocycles. The Labute approximate surface area is 127 Å². The number of rotatable bonds is 3. The van der Waals surface area contributed by atoms with Crippen LogP contribution in [0.2, 0.25) is 0 Å². The maximum atomic E-state index is 12.2. The Morgan fingerprint density at radius 2 is 1.77 bits per heavy atom. The van der Waals surface area contributed by atoms with E-state index in [2.05, 4.69) is 0 Å². The molecule has 3 aromatic rings. The Balaban J connectivity index is 2.12. The molecule has 0 radical (unpaired) electrons. The van der Waals surface area contributed by atoms with E-state index in [0.717, 1.165) is 10.9 Å². The zero-order valence-electron chi connectivity index (χ0n) is 12.3. The first-order valence-corrected chi connectivity index (χ1v) is 6.82. The predicted octanol–water partition coefficient (Wildman–Crippen LogP) is 3.67. The zero-order valence-corrected chi connectivity index (χ0v) is 12.3. The average Bonchev–Trinajstić information content (AvgIpc) is 2.53. The van der Waals surface area contributed by atoms with Gasteiger partial charge in [0, 0.05) is 17.0 Å². The van der Waals surface area contributed by atoms with Crippen molar-refractivity contribution in [1.82, 2.24) is 0 Å². The summed E-state index contributed by atoms with van der Waals surface area (Å²) < 4.78 is 10.5. The molecular weight excluding hydrogens is 280 g/mol. The van der Waals surface area contributed by atoms with E-state index in [0.29, 0.717) is 22.5 Å². The fraction of sp³-hybridized carbons (Fsp3) is 0.111. The van der Waals surface area contributed by atoms with Crippen LogP contribution in [0.5, 0.6) is 5.75 Å². The molecule has 0 aliphatic carbocycles. The maximum absolute atomic E-state index is 12.2. The molecule has 3 rings (SSSR count). The Hall–Kier alpha value is -2.88. The van der Waals surface area contributed by atoms with E-state index in [1.807, 2.05) is 12.1 Å². The number of fused-ring (bicyclic) bond motifs is 1. The lowest BCUT2D eigenvalue weighted by Crippen LogP contribution is -2.03. The number of methoxy groups -OCH3 is 1. The molecule has 4 nitrogen and oxygen atoms in total. The molecule has 0 amide bonds. The highest BCUT2D eigenvalue weighted by Crippen LogP contribution is 2.24. The van der Waals surface area contributed by atoms with Gasteiger partial charge in [-0.2, -0.15) is 0 Å². The van der Waals surface area contributed by atoms with E-state index < -0.39 is 5.63 Å². The van der Waals surface area contributed by atoms with Gasteiger partial charge in [0.1, 0.15) is 11.3 Å². The van der Waals surface area contributed by atoms with Crippen LogP contribution in [0.15, 0.2) is 57.7 Å². The second-order valence-electron chi connectivity index (χ2n) is 4.98. The summed E-state index contributed by atoms with van der Waals surface area (Å²) in [5, 5.41) is 0.811. The van der Waals surface area contributed by atoms with Gasteiger partial charge in [-0.05, 0) is 30.7 Å². The highest BCUT2D eigenvalue weighted by molar-refractivity contribution is 5.94. The summed E-state index contributed by atoms with van der Waals surface area (Å²) in [5.74, 6) is 0.624. The molecule has 4 heteroatoms. The molecule has 0 aliphatic heterocycles. The minimum Gasteiger partial charge on any atom is -0.497 e. The summed E-state index contributed by atoms with van der Waals surface area (Å²) in [4.78, 5) is 23.5. The number of carbonyl (C=O) groups is 1. The average molecular weight is 294 g/mol. The lowest BCUT2D eigenvalue weighted by molar-refractivity contribution is 0.101. The first-order chi connectivity index (χ1) is 10.6. The molecule has 0 unspecified atom stereocenters. The fourth-order valence-corrected chi connectivity index (χ4v) is 2.30. The molecule has 2 aromatic carbocycles. The number of carbonyl (C=O) groups excluding carboxylic acids is 1. The smallest absolute Gasteiger partial charge is 0.344 e. The van der Waals surface area contributed by atoms with Crippen LogP contribution >= 0.6 is 0 Å². The summed E-state index contributed by atoms with van der Waals surface area (Å²) in [5.41, 5.74) is 1.85. The van der Waals surface area contributed by atoms with Gasteiger partial charge in [-0.1, -0.05) is 24.3 Å². The number of Topliss-reactive ketones (excluding diaryl/α,β-unsaturated/α-hetero) is 1. The number of benzene rings is 2. The van der Waals surface area contributed by atoms with Crippen LogP contribution in [-0.2, 0) is 0 Å². The molecule has 1 aromatic heterocycles. The Morgan fingerprint density at radius 1 is 1.05 bits per heavy atom. The van der Waals surface area contributed by atoms with Crippen molar-refractivity contribution >= 4 is 16.8 Å². The van der Waals surface area contributed by atoms with Gasteiger partial charge in [0.05, 0.1) is 12.7 Å². The molecular formula is C18H14O4. The van der Waals surface area contributed by atoms with Crippen molar-refractivity contribution in [3.63, 3.8) is 0 Å². The molecule has 0 atom stereocenters. The van der Waals surface area contributed by atoms with E-state index >= 15 is 0 Å². The summed E-state index contributed by atoms with van der Waals surface area (Å²) in [6.07, 6.45) is 0. The van der Waals surface area contributed by atoms with Crippen molar-refractivity contribution in [2.45, 2.75) is 6.92 Å². The lowest BCUT2D eigenvalue weighted by atomic mass is 10.0. The minimum absolute atomic E-state index is 0.0100. The third-order valence-electron chi connectivity index (χ3n) is 3.55. The molecule has 0 saturated carbocycles. The topological polar surface area (TPSA) is 56.5 Å². The zero-order chi connectivity index (χ0) is 15.7. The second-order valence-corrected chi connectivity index (χ2v) is 4.98. The van der Waals surface area contributed by atoms with Crippen LogP contribution in [0.1, 0.15) is 17.3 Å². The molecule has 0 spiro atoms. The van der Waals surface area contributed by atoms with E-state index in [9.17, 15) is 9.59 Å². The van der Waals surface area contributed by atoms with Crippen LogP contribution in [0.25, 0.3) is 22.1 Å². The van der Waals surface area contributed by atoms with Crippen LogP contribution in [-0.4, -0.2) is 12.9 Å². The second kappa shape index (κ2) is 5.48. The normalized spacial score (nSPS) is 10.6. The highest BCUT2D eigenvalue weighted by atomic mass is 16.5. The summed E-state index contributed by atoms with van der Waals surface area (Å²) in [7, 11) is 1.56. The van der Waals surface area contributed by atoms with Gasteiger partial charge in [0.15, 0.2) is 5.78 Å². The first kappa shape index (κ1) is 14.1. The molecule has 22 heavy (non-hydrogen) atoms. The van der Waals surface area contributed by atoms with Gasteiger partial charge in [0.25, 0.3) is 0 Å². The molecule has 0 aliphatic rings. The SMILES string of the molecule is COc1ccc2cc(-c3ccc(C(C)=O)cc3)c(=O)oc2c1. The molecule has 0 N–H and O–H groups in total. The summed E-state index contributed by atoms with van der Waals surface area (Å²) in [6.45, 7) is 1.51. The number of hydrogen-bond acceptors (Lipinski definition) is 4. The van der Waals surface area contributed by atoms with Crippen LogP contribution in [0, 0.1) is 0 Å². The Kier molecular flexibility index (Phi) is 3.51. The van der Waals surface area contributed by atoms with Gasteiger partial charge in [-0.3, -0.25) is 4.79 Å². The van der Waals surface area contributed by atoms with Crippen molar-refractivity contribution in [1.29, 1.82) is 0 Å². The number of hydrogen-bond donors (Lipinski definition) is 0. The molecule has 1 heterocycles. The molecule has 0 bridgehead atoms. The van der Waals surface area contributed by atoms with Gasteiger partial charge < -0.3 is 9.15 Å². The highest BCUT2D eigenvalue weighted by Gasteiger charge is 2.09. The van der Waals surface area contributed by atoms with Gasteiger partial charge in [0.2, 0.25) is 0 Å². The largest absolute Gasteiger partial charge is 0.497 e. The standard InChI is InChI=1S/C18H14O4/c1-11(19)12-3-5-13(6-4-12)16-9-14-7-8-15(21-2)10-17(14)22-18(16)20/h3-10H,1-2H3. The van der Waals surface area contributed by atoms with Gasteiger partial charge in [-0.25, -0.2) is 4.79 Å². The van der Waals surface area contributed by atoms with Crippen molar-refractivity contribution in [2.75, 3.05) is 7.11 Å². The summed E-state index contributed by atoms with van der Waals surface area (Å²) >= 11 is 0. The van der Waals surface area contributed by atoms with Crippen LogP contribution in [0.4, 0.5) is 0 Å². The predicted molar refractivity (Wildman–Crippen MR) is 84.5 cm³/mol. The minimum atomic E-state index is -0.420. The van der Waals surface area contributed by atoms with E-state index in [1.165, 1.54) is 6.92 Å². The third kappa shape index (κ3) is 2.51. The number of ether oxygens (including phenoxy) is 1. The Bertz CT molecular complexity index is 905. The summed E-state index contributed by atoms with van der Waals surface area (Å²) in [6, 6.07) is 14.0. The maximum Gasteiger partial charge on any atom is 0.344 e. The monoisotopic (exact) mass is 294 g/mol. The van der Waals surface area contributed by atoms with E-state index in [1.54, 1.807) is 43.5 Å². The fourth-order valence-electron chi connectivity index (χ4n) is 2.30. The van der Waals surface area contributed by atoms with Gasteiger partial charge in [-0.15, -0.1) is 0 Å². The van der Waals surface area contributed by atoms with Crippen molar-refractivity contribution < 1.29 is 13.9 Å². The van der Waals surface area contributed by atoms with E-state index in [4.69, 9.17) is 9.15 Å². The van der Waals surface area contributed by atoms with Gasteiger partial charge >= 0.3 is 5.63 Å². The number of ketones is 1. The Morgan fingerprint density at radius 3 is 2.41 bits per heavy atom. The quantitative estimate of drug-likeness (QED) is 0.546. The third-order valence-corrected chi connectivity index (χ3v) is 3.55. The molecule has 0 fully saturated rings. The van der Waals surface area contributed by atoms with Crippen molar-refractivity contribution in [2.24, 2.45) is 0 Å². The van der Waals surface area contributed by atoms with Crippen LogP contribution < -0.4 is 10.4 Å². The first-order valence-electron chi connectivity index (χ1n) is 6.82. The lowest BCUT2D eigenvalue weighted by Gasteiger charge is -2.05.